The Morgan fingerprint density at radius 3 is 2.83 bits per heavy atom. The van der Waals surface area contributed by atoms with Crippen molar-refractivity contribution in [3.63, 3.8) is 0 Å². The summed E-state index contributed by atoms with van der Waals surface area (Å²) in [5.41, 5.74) is 3.35. The maximum absolute atomic E-state index is 12.3. The number of carbonyl (C=O) groups excluding carboxylic acids is 1. The molecule has 11 heteroatoms. The van der Waals surface area contributed by atoms with Crippen molar-refractivity contribution in [2.24, 2.45) is 0 Å². The first-order chi connectivity index (χ1) is 14.6. The van der Waals surface area contributed by atoms with E-state index in [2.05, 4.69) is 26.7 Å². The second-order valence-corrected chi connectivity index (χ2v) is 8.29. The number of piperidine rings is 1. The Balaban J connectivity index is 1.33. The van der Waals surface area contributed by atoms with Gasteiger partial charge in [0.15, 0.2) is 0 Å². The molecule has 1 unspecified atom stereocenters. The number of likely N-dealkylation sites (tertiary alicyclic amines) is 1. The predicted molar refractivity (Wildman–Crippen MR) is 114 cm³/mol. The lowest BCUT2D eigenvalue weighted by Crippen LogP contribution is -2.50. The molecule has 2 aliphatic rings. The number of anilines is 1. The lowest BCUT2D eigenvalue weighted by atomic mass is 10.1. The highest BCUT2D eigenvalue weighted by molar-refractivity contribution is 7.99. The summed E-state index contributed by atoms with van der Waals surface area (Å²) in [4.78, 5) is 20.3. The van der Waals surface area contributed by atoms with Crippen LogP contribution in [0, 0.1) is 27.9 Å². The summed E-state index contributed by atoms with van der Waals surface area (Å²) in [6, 6.07) is 7.29. The highest BCUT2D eigenvalue weighted by Gasteiger charge is 2.25. The lowest BCUT2D eigenvalue weighted by Gasteiger charge is -2.42. The molecule has 10 nitrogen and oxygen atoms in total. The van der Waals surface area contributed by atoms with Gasteiger partial charge in [0.05, 0.1) is 18.2 Å². The average Bonchev–Trinajstić information content (AvgIpc) is 3.22. The molecule has 2 fully saturated rings. The van der Waals surface area contributed by atoms with Crippen LogP contribution in [0.1, 0.15) is 18.4 Å². The van der Waals surface area contributed by atoms with Gasteiger partial charge in [-0.3, -0.25) is 20.0 Å². The Bertz CT molecular complexity index is 785. The van der Waals surface area contributed by atoms with Gasteiger partial charge in [0, 0.05) is 50.0 Å². The largest absolute Gasteiger partial charge is 0.771 e. The third kappa shape index (κ3) is 6.37. The fourth-order valence-electron chi connectivity index (χ4n) is 3.48. The van der Waals surface area contributed by atoms with Gasteiger partial charge in [0.25, 0.3) is 0 Å². The van der Waals surface area contributed by atoms with E-state index in [1.807, 2.05) is 11.0 Å². The van der Waals surface area contributed by atoms with Crippen molar-refractivity contribution in [1.29, 1.82) is 10.5 Å². The Morgan fingerprint density at radius 1 is 1.37 bits per heavy atom. The van der Waals surface area contributed by atoms with Gasteiger partial charge in [-0.2, -0.15) is 10.5 Å². The van der Waals surface area contributed by atoms with Crippen LogP contribution in [0.5, 0.6) is 0 Å². The van der Waals surface area contributed by atoms with Crippen molar-refractivity contribution < 1.29 is 4.79 Å². The molecule has 0 radical (unpaired) electrons. The Kier molecular flexibility index (Phi) is 8.39. The molecule has 2 aliphatic heterocycles. The van der Waals surface area contributed by atoms with E-state index in [4.69, 9.17) is 10.5 Å². The summed E-state index contributed by atoms with van der Waals surface area (Å²) in [7, 11) is 0. The zero-order valence-electron chi connectivity index (χ0n) is 16.7. The number of nitriles is 2. The fourth-order valence-corrected chi connectivity index (χ4v) is 4.64. The van der Waals surface area contributed by atoms with Gasteiger partial charge in [-0.05, 0) is 25.0 Å². The number of nitrogens with one attached hydrogen (secondary N) is 2. The summed E-state index contributed by atoms with van der Waals surface area (Å²) in [5, 5.41) is 33.9. The van der Waals surface area contributed by atoms with E-state index in [0.29, 0.717) is 50.4 Å². The number of rotatable bonds is 8. The molecule has 1 aromatic rings. The van der Waals surface area contributed by atoms with Crippen molar-refractivity contribution in [3.8, 4) is 12.1 Å². The number of hydrazine groups is 1. The van der Waals surface area contributed by atoms with E-state index in [0.717, 1.165) is 16.8 Å². The minimum atomic E-state index is -0.168. The summed E-state index contributed by atoms with van der Waals surface area (Å²) in [5.74, 6) is 1.90. The fraction of sp³-hybridized carbons (Fsp3) is 0.579. The molecule has 3 heterocycles. The number of hydrogen-bond donors (Lipinski definition) is 2. The first-order valence-electron chi connectivity index (χ1n) is 9.88. The van der Waals surface area contributed by atoms with Crippen LogP contribution in [-0.4, -0.2) is 82.3 Å². The van der Waals surface area contributed by atoms with E-state index in [1.54, 1.807) is 23.9 Å². The zero-order valence-corrected chi connectivity index (χ0v) is 17.5. The van der Waals surface area contributed by atoms with Gasteiger partial charge in [-0.1, -0.05) is 0 Å². The number of hydrogen-bond acceptors (Lipinski definition) is 10. The van der Waals surface area contributed by atoms with Crippen LogP contribution in [0.4, 0.5) is 5.82 Å². The highest BCUT2D eigenvalue weighted by Crippen LogP contribution is 2.19. The number of aromatic nitrogens is 1. The van der Waals surface area contributed by atoms with Crippen molar-refractivity contribution in [3.05, 3.63) is 29.1 Å². The number of amides is 1. The summed E-state index contributed by atoms with van der Waals surface area (Å²) in [6.07, 6.45) is 2.78. The van der Waals surface area contributed by atoms with Crippen molar-refractivity contribution in [2.45, 2.75) is 24.9 Å². The third-order valence-corrected chi connectivity index (χ3v) is 6.27. The van der Waals surface area contributed by atoms with Crippen molar-refractivity contribution in [2.75, 3.05) is 49.7 Å². The van der Waals surface area contributed by atoms with Gasteiger partial charge in [-0.25, -0.2) is 4.98 Å². The standard InChI is InChI=1S/C19H25N8O2S/c20-9-15-1-2-18(22-11-15)24-19(28)12-25-6-3-16(4-7-25)27(29)23-5-8-26-14-30-13-17(26)10-21/h1-2,11,16-17,23H,3-8,12-14H2,(H,22,24,28)/q-1. The van der Waals surface area contributed by atoms with Crippen molar-refractivity contribution >= 4 is 23.5 Å². The molecule has 0 saturated carbocycles. The molecule has 1 aromatic heterocycles. The van der Waals surface area contributed by atoms with Crippen LogP contribution in [-0.2, 0) is 4.79 Å². The molecule has 1 atom stereocenters. The molecular weight excluding hydrogens is 404 g/mol. The van der Waals surface area contributed by atoms with Gasteiger partial charge in [-0.15, -0.1) is 11.8 Å². The van der Waals surface area contributed by atoms with Crippen molar-refractivity contribution in [1.82, 2.24) is 25.4 Å². The Morgan fingerprint density at radius 2 is 2.17 bits per heavy atom. The molecule has 30 heavy (non-hydrogen) atoms. The maximum Gasteiger partial charge on any atom is 0.239 e. The van der Waals surface area contributed by atoms with E-state index in [1.165, 1.54) is 6.20 Å². The van der Waals surface area contributed by atoms with Crippen LogP contribution in [0.25, 0.3) is 0 Å². The Hall–Kier alpha value is -2.25. The molecule has 0 aliphatic carbocycles. The zero-order chi connectivity index (χ0) is 21.3. The molecule has 3 rings (SSSR count). The molecule has 0 spiro atoms. The average molecular weight is 430 g/mol. The topological polar surface area (TPSA) is 134 Å². The quantitative estimate of drug-likeness (QED) is 0.564. The molecular formula is C19H25N8O2S-. The van der Waals surface area contributed by atoms with Crippen LogP contribution in [0.2, 0.25) is 0 Å². The van der Waals surface area contributed by atoms with Crippen LogP contribution in [0.15, 0.2) is 18.3 Å². The number of hydroxylamine groups is 1. The van der Waals surface area contributed by atoms with E-state index >= 15 is 0 Å². The van der Waals surface area contributed by atoms with Gasteiger partial charge < -0.3 is 15.7 Å². The SMILES string of the molecule is N#Cc1ccc(NC(=O)CN2CCC(N([O-])NCCN3CSCC3C#N)CC2)nc1. The first kappa shape index (κ1) is 22.4. The minimum Gasteiger partial charge on any atom is -0.771 e. The van der Waals surface area contributed by atoms with E-state index in [-0.39, 0.29) is 24.5 Å². The van der Waals surface area contributed by atoms with E-state index < -0.39 is 0 Å². The molecule has 0 aromatic carbocycles. The van der Waals surface area contributed by atoms with Gasteiger partial charge in [0.1, 0.15) is 17.9 Å². The second kappa shape index (κ2) is 11.2. The van der Waals surface area contributed by atoms with Gasteiger partial charge in [0.2, 0.25) is 5.91 Å². The lowest BCUT2D eigenvalue weighted by molar-refractivity contribution is -0.117. The van der Waals surface area contributed by atoms with Crippen LogP contribution in [0.3, 0.4) is 0 Å². The maximum atomic E-state index is 12.3. The van der Waals surface area contributed by atoms with E-state index in [9.17, 15) is 10.0 Å². The number of carbonyl (C=O) groups is 1. The second-order valence-electron chi connectivity index (χ2n) is 7.29. The van der Waals surface area contributed by atoms with Crippen LogP contribution >= 0.6 is 11.8 Å². The molecule has 2 N–H and O–H groups in total. The molecule has 1 amide bonds. The number of pyridine rings is 1. The van der Waals surface area contributed by atoms with Crippen LogP contribution < -0.4 is 10.7 Å². The smallest absolute Gasteiger partial charge is 0.239 e. The summed E-state index contributed by atoms with van der Waals surface area (Å²) >= 11 is 1.74. The third-order valence-electron chi connectivity index (χ3n) is 5.21. The molecule has 0 bridgehead atoms. The summed E-state index contributed by atoms with van der Waals surface area (Å²) < 4.78 is 0. The highest BCUT2D eigenvalue weighted by atomic mass is 32.2. The predicted octanol–water partition coefficient (Wildman–Crippen LogP) is 0.559. The Labute approximate surface area is 180 Å². The minimum absolute atomic E-state index is 0.0641. The van der Waals surface area contributed by atoms with Gasteiger partial charge >= 0.3 is 0 Å². The summed E-state index contributed by atoms with van der Waals surface area (Å²) in [6.45, 7) is 2.76. The number of nitrogens with zero attached hydrogens (tertiary/aromatic N) is 6. The number of thioether (sulfide) groups is 1. The normalized spacial score (nSPS) is 20.7. The molecule has 2 saturated heterocycles. The first-order valence-corrected chi connectivity index (χ1v) is 11.0. The monoisotopic (exact) mass is 429 g/mol. The molecule has 160 valence electrons.